The highest BCUT2D eigenvalue weighted by Gasteiger charge is 2.29. The van der Waals surface area contributed by atoms with Crippen LogP contribution >= 0.6 is 0 Å². The van der Waals surface area contributed by atoms with Gasteiger partial charge in [0, 0.05) is 0 Å². The molecule has 0 aromatic rings. The summed E-state index contributed by atoms with van der Waals surface area (Å²) in [4.78, 5) is 59.5. The maximum absolute atomic E-state index is 12.6. The van der Waals surface area contributed by atoms with E-state index >= 15 is 0 Å². The second-order valence-corrected chi connectivity index (χ2v) is 8.05. The number of aliphatic hydroxyl groups is 1. The number of aliphatic hydroxyl groups excluding tert-OH is 1. The van der Waals surface area contributed by atoms with Crippen molar-refractivity contribution in [1.29, 1.82) is 0 Å². The average molecular weight is 446 g/mol. The minimum Gasteiger partial charge on any atom is -0.480 e. The first kappa shape index (κ1) is 28.3. The highest BCUT2D eigenvalue weighted by molar-refractivity contribution is 5.94. The Labute approximate surface area is 181 Å². The zero-order chi connectivity index (χ0) is 24.3. The van der Waals surface area contributed by atoms with Crippen molar-refractivity contribution in [3.63, 3.8) is 0 Å². The molecule has 31 heavy (non-hydrogen) atoms. The fourth-order valence-corrected chi connectivity index (χ4v) is 2.38. The van der Waals surface area contributed by atoms with Gasteiger partial charge in [-0.1, -0.05) is 27.7 Å². The Balaban J connectivity index is 4.99. The van der Waals surface area contributed by atoms with E-state index in [1.54, 1.807) is 13.8 Å². The number of hydrogen-bond acceptors (Lipinski definition) is 7. The van der Waals surface area contributed by atoms with Gasteiger partial charge in [0.05, 0.1) is 19.2 Å². The van der Waals surface area contributed by atoms with Crippen LogP contribution in [-0.2, 0) is 24.0 Å². The van der Waals surface area contributed by atoms with Crippen molar-refractivity contribution in [2.24, 2.45) is 17.6 Å². The molecule has 178 valence electrons. The number of aliphatic carboxylic acids is 1. The van der Waals surface area contributed by atoms with Crippen molar-refractivity contribution in [3.05, 3.63) is 0 Å². The smallest absolute Gasteiger partial charge is 0.325 e. The van der Waals surface area contributed by atoms with Crippen LogP contribution in [-0.4, -0.2) is 77.1 Å². The molecule has 4 atom stereocenters. The molecule has 0 saturated carbocycles. The van der Waals surface area contributed by atoms with Crippen LogP contribution in [0.3, 0.4) is 0 Å². The molecule has 12 nitrogen and oxygen atoms in total. The van der Waals surface area contributed by atoms with Crippen LogP contribution in [0.25, 0.3) is 0 Å². The van der Waals surface area contributed by atoms with Crippen LogP contribution in [0.5, 0.6) is 0 Å². The summed E-state index contributed by atoms with van der Waals surface area (Å²) in [5, 5.41) is 27.5. The fraction of sp³-hybridized carbons (Fsp3) is 0.737. The van der Waals surface area contributed by atoms with Gasteiger partial charge in [0.25, 0.3) is 0 Å². The highest BCUT2D eigenvalue weighted by Crippen LogP contribution is 2.07. The Hall–Kier alpha value is -2.73. The van der Waals surface area contributed by atoms with Crippen LogP contribution in [0.2, 0.25) is 0 Å². The van der Waals surface area contributed by atoms with Gasteiger partial charge in [-0.3, -0.25) is 24.0 Å². The second kappa shape index (κ2) is 13.5. The Morgan fingerprint density at radius 2 is 1.39 bits per heavy atom. The number of carbonyl (C=O) groups is 5. The molecule has 0 bridgehead atoms. The predicted octanol–water partition coefficient (Wildman–Crippen LogP) is -2.32. The number of amides is 4. The van der Waals surface area contributed by atoms with Gasteiger partial charge < -0.3 is 37.2 Å². The van der Waals surface area contributed by atoms with E-state index in [-0.39, 0.29) is 18.3 Å². The number of rotatable bonds is 13. The molecule has 0 aromatic heterocycles. The first-order chi connectivity index (χ1) is 14.3. The number of carboxylic acids is 1. The molecule has 0 unspecified atom stereocenters. The van der Waals surface area contributed by atoms with Crippen LogP contribution < -0.4 is 27.0 Å². The van der Waals surface area contributed by atoms with Crippen LogP contribution in [0.1, 0.15) is 41.0 Å². The molecule has 8 N–H and O–H groups in total. The number of carboxylic acid groups (broad SMARTS) is 1. The van der Waals surface area contributed by atoms with E-state index in [0.717, 1.165) is 0 Å². The van der Waals surface area contributed by atoms with Crippen LogP contribution in [0.4, 0.5) is 0 Å². The quantitative estimate of drug-likeness (QED) is 0.164. The molecule has 0 saturated heterocycles. The van der Waals surface area contributed by atoms with Gasteiger partial charge in [-0.15, -0.1) is 0 Å². The molecule has 0 radical (unpaired) electrons. The molecule has 0 aliphatic heterocycles. The molecular weight excluding hydrogens is 410 g/mol. The lowest BCUT2D eigenvalue weighted by Crippen LogP contribution is -2.58. The van der Waals surface area contributed by atoms with E-state index in [4.69, 9.17) is 10.8 Å². The number of nitrogens with two attached hydrogens (primary N) is 1. The van der Waals surface area contributed by atoms with Gasteiger partial charge in [0.2, 0.25) is 23.6 Å². The van der Waals surface area contributed by atoms with Crippen molar-refractivity contribution in [1.82, 2.24) is 21.3 Å². The van der Waals surface area contributed by atoms with Crippen molar-refractivity contribution < 1.29 is 34.2 Å². The normalized spacial score (nSPS) is 14.9. The third kappa shape index (κ3) is 10.7. The van der Waals surface area contributed by atoms with Crippen molar-refractivity contribution in [2.75, 3.05) is 13.2 Å². The van der Waals surface area contributed by atoms with Crippen molar-refractivity contribution in [2.45, 2.75) is 65.2 Å². The second-order valence-electron chi connectivity index (χ2n) is 8.05. The first-order valence-electron chi connectivity index (χ1n) is 10.1. The van der Waals surface area contributed by atoms with Crippen molar-refractivity contribution >= 4 is 29.6 Å². The molecular formula is C19H35N5O7. The van der Waals surface area contributed by atoms with Crippen LogP contribution in [0, 0.1) is 11.8 Å². The SMILES string of the molecule is CC(C)C[C@H](NC(=O)[C@@H](N)C(C)C)C(=O)N[C@@H](CO)C(=O)NCC(=O)N[C@@H](C)C(=O)O. The molecule has 0 aromatic carbocycles. The van der Waals surface area contributed by atoms with E-state index in [1.165, 1.54) is 6.92 Å². The zero-order valence-corrected chi connectivity index (χ0v) is 18.6. The van der Waals surface area contributed by atoms with Gasteiger partial charge in [-0.2, -0.15) is 0 Å². The molecule has 4 amide bonds. The Kier molecular flexibility index (Phi) is 12.4. The monoisotopic (exact) mass is 445 g/mol. The third-order valence-electron chi connectivity index (χ3n) is 4.35. The maximum Gasteiger partial charge on any atom is 0.325 e. The minimum atomic E-state index is -1.37. The first-order valence-corrected chi connectivity index (χ1v) is 10.1. The maximum atomic E-state index is 12.6. The van der Waals surface area contributed by atoms with Gasteiger partial charge in [-0.25, -0.2) is 0 Å². The Morgan fingerprint density at radius 3 is 1.84 bits per heavy atom. The summed E-state index contributed by atoms with van der Waals surface area (Å²) in [5.74, 6) is -4.14. The lowest BCUT2D eigenvalue weighted by Gasteiger charge is -2.25. The van der Waals surface area contributed by atoms with Crippen LogP contribution in [0.15, 0.2) is 0 Å². The summed E-state index contributed by atoms with van der Waals surface area (Å²) in [7, 11) is 0. The summed E-state index contributed by atoms with van der Waals surface area (Å²) in [6.07, 6.45) is 0.275. The summed E-state index contributed by atoms with van der Waals surface area (Å²) >= 11 is 0. The molecule has 0 spiro atoms. The molecule has 12 heteroatoms. The molecule has 0 rings (SSSR count). The number of nitrogens with one attached hydrogen (secondary N) is 4. The largest absolute Gasteiger partial charge is 0.480 e. The molecule has 0 aliphatic carbocycles. The van der Waals surface area contributed by atoms with E-state index in [1.807, 2.05) is 13.8 Å². The Bertz CT molecular complexity index is 654. The average Bonchev–Trinajstić information content (AvgIpc) is 2.67. The van der Waals surface area contributed by atoms with Gasteiger partial charge in [-0.05, 0) is 25.2 Å². The number of carbonyl (C=O) groups excluding carboxylic acids is 4. The summed E-state index contributed by atoms with van der Waals surface area (Å²) in [6, 6.07) is -4.30. The molecule has 0 fully saturated rings. The summed E-state index contributed by atoms with van der Waals surface area (Å²) < 4.78 is 0. The zero-order valence-electron chi connectivity index (χ0n) is 18.6. The van der Waals surface area contributed by atoms with Gasteiger partial charge in [0.1, 0.15) is 18.1 Å². The third-order valence-corrected chi connectivity index (χ3v) is 4.35. The highest BCUT2D eigenvalue weighted by atomic mass is 16.4. The molecule has 0 aliphatic rings. The van der Waals surface area contributed by atoms with Gasteiger partial charge >= 0.3 is 5.97 Å². The summed E-state index contributed by atoms with van der Waals surface area (Å²) in [6.45, 7) is 7.19. The van der Waals surface area contributed by atoms with E-state index < -0.39 is 66.9 Å². The fourth-order valence-electron chi connectivity index (χ4n) is 2.38. The predicted molar refractivity (Wildman–Crippen MR) is 111 cm³/mol. The van der Waals surface area contributed by atoms with Gasteiger partial charge in [0.15, 0.2) is 0 Å². The topological polar surface area (TPSA) is 200 Å². The van der Waals surface area contributed by atoms with E-state index in [0.29, 0.717) is 0 Å². The molecule has 0 heterocycles. The lowest BCUT2D eigenvalue weighted by atomic mass is 10.0. The summed E-state index contributed by atoms with van der Waals surface area (Å²) in [5.41, 5.74) is 5.81. The Morgan fingerprint density at radius 1 is 0.839 bits per heavy atom. The lowest BCUT2D eigenvalue weighted by molar-refractivity contribution is -0.141. The number of hydrogen-bond donors (Lipinski definition) is 7. The van der Waals surface area contributed by atoms with Crippen molar-refractivity contribution in [3.8, 4) is 0 Å². The standard InChI is InChI=1S/C19H35N5O7/c1-9(2)6-12(23-18(29)15(20)10(3)4)17(28)24-13(8-25)16(27)21-7-14(26)22-11(5)19(30)31/h9-13,15,25H,6-8,20H2,1-5H3,(H,21,27)(H,22,26)(H,23,29)(H,24,28)(H,30,31)/t11-,12-,13-,15-/m0/s1. The minimum absolute atomic E-state index is 0.0349. The van der Waals surface area contributed by atoms with E-state index in [9.17, 15) is 29.1 Å². The van der Waals surface area contributed by atoms with E-state index in [2.05, 4.69) is 21.3 Å².